The lowest BCUT2D eigenvalue weighted by Gasteiger charge is -2.39. The van der Waals surface area contributed by atoms with E-state index in [1.165, 1.54) is 17.3 Å². The van der Waals surface area contributed by atoms with E-state index in [1.54, 1.807) is 33.5 Å². The Hall–Kier alpha value is -3.72. The molecule has 2 heterocycles. The number of anilines is 1. The Bertz CT molecular complexity index is 1520. The molecule has 1 aliphatic carbocycles. The molecule has 0 saturated carbocycles. The van der Waals surface area contributed by atoms with E-state index >= 15 is 0 Å². The number of nitrogens with one attached hydrogen (secondary N) is 2. The third kappa shape index (κ3) is 5.15. The number of thioether (sulfide) groups is 1. The number of carbonyl (C=O) groups excluding carboxylic acids is 1. The lowest BCUT2D eigenvalue weighted by molar-refractivity contribution is -0.118. The summed E-state index contributed by atoms with van der Waals surface area (Å²) in [5.74, 6) is 1.90. The van der Waals surface area contributed by atoms with Gasteiger partial charge in [0, 0.05) is 35.1 Å². The predicted molar refractivity (Wildman–Crippen MR) is 152 cm³/mol. The summed E-state index contributed by atoms with van der Waals surface area (Å²) in [7, 11) is 4.66. The SMILES string of the molecule is COc1cc(OC)c(C2C3=C(CC(C)(C)CC3=O)Nc3nc(SCc4ccc(C)cc4)[nH]c(=O)c32)cc1OC. The number of aromatic amines is 1. The van der Waals surface area contributed by atoms with Crippen LogP contribution in [0, 0.1) is 12.3 Å². The molecule has 2 N–H and O–H groups in total. The topological polar surface area (TPSA) is 103 Å². The van der Waals surface area contributed by atoms with Gasteiger partial charge in [0.05, 0.1) is 32.8 Å². The Morgan fingerprint density at radius 2 is 1.64 bits per heavy atom. The number of methoxy groups -OCH3 is 3. The fourth-order valence-electron chi connectivity index (χ4n) is 5.39. The van der Waals surface area contributed by atoms with Crippen molar-refractivity contribution in [3.63, 3.8) is 0 Å². The van der Waals surface area contributed by atoms with Crippen LogP contribution in [0.15, 0.2) is 57.6 Å². The van der Waals surface area contributed by atoms with Crippen molar-refractivity contribution in [3.05, 3.63) is 80.3 Å². The fourth-order valence-corrected chi connectivity index (χ4v) is 6.20. The van der Waals surface area contributed by atoms with Gasteiger partial charge in [0.15, 0.2) is 22.4 Å². The molecule has 0 fully saturated rings. The van der Waals surface area contributed by atoms with Gasteiger partial charge in [0.25, 0.3) is 5.56 Å². The molecule has 0 amide bonds. The summed E-state index contributed by atoms with van der Waals surface area (Å²) in [6.07, 6.45) is 1.03. The van der Waals surface area contributed by atoms with Crippen molar-refractivity contribution in [2.24, 2.45) is 5.41 Å². The maximum absolute atomic E-state index is 13.7. The molecule has 2 aromatic carbocycles. The van der Waals surface area contributed by atoms with Crippen molar-refractivity contribution >= 4 is 23.4 Å². The third-order valence-electron chi connectivity index (χ3n) is 7.24. The van der Waals surface area contributed by atoms with Crippen molar-refractivity contribution in [2.45, 2.75) is 50.4 Å². The van der Waals surface area contributed by atoms with Gasteiger partial charge in [-0.1, -0.05) is 55.4 Å². The van der Waals surface area contributed by atoms with E-state index in [4.69, 9.17) is 19.2 Å². The maximum atomic E-state index is 13.7. The second kappa shape index (κ2) is 10.4. The zero-order valence-electron chi connectivity index (χ0n) is 23.1. The summed E-state index contributed by atoms with van der Waals surface area (Å²) >= 11 is 1.46. The van der Waals surface area contributed by atoms with Gasteiger partial charge in [-0.05, 0) is 30.4 Å². The average Bonchev–Trinajstić information content (AvgIpc) is 2.90. The number of carbonyl (C=O) groups is 1. The van der Waals surface area contributed by atoms with Crippen LogP contribution in [0.5, 0.6) is 17.2 Å². The Morgan fingerprint density at radius 3 is 2.31 bits per heavy atom. The summed E-state index contributed by atoms with van der Waals surface area (Å²) in [6, 6.07) is 11.8. The highest BCUT2D eigenvalue weighted by molar-refractivity contribution is 7.98. The molecule has 9 heteroatoms. The van der Waals surface area contributed by atoms with E-state index < -0.39 is 5.92 Å². The second-order valence-electron chi connectivity index (χ2n) is 10.7. The van der Waals surface area contributed by atoms with Crippen molar-refractivity contribution < 1.29 is 19.0 Å². The number of aryl methyl sites for hydroxylation is 1. The molecule has 0 radical (unpaired) electrons. The minimum absolute atomic E-state index is 0.00143. The maximum Gasteiger partial charge on any atom is 0.257 e. The number of H-pyrrole nitrogens is 1. The molecule has 1 unspecified atom stereocenters. The van der Waals surface area contributed by atoms with Crippen LogP contribution in [0.25, 0.3) is 0 Å². The van der Waals surface area contributed by atoms with Gasteiger partial charge in [0.1, 0.15) is 11.6 Å². The standard InChI is InChI=1S/C30H33N3O5S/c1-16-7-9-17(10-8-16)15-39-29-32-27-26(28(35)33-29)24(25-19(31-27)13-30(2,3)14-20(25)34)18-11-22(37-5)23(38-6)12-21(18)36-4/h7-12,24H,13-15H2,1-6H3,(H2,31,32,33,35). The Kier molecular flexibility index (Phi) is 7.20. The Balaban J connectivity index is 1.65. The lowest BCUT2D eigenvalue weighted by atomic mass is 9.69. The predicted octanol–water partition coefficient (Wildman–Crippen LogP) is 5.60. The first-order valence-corrected chi connectivity index (χ1v) is 13.8. The summed E-state index contributed by atoms with van der Waals surface area (Å²) < 4.78 is 16.8. The number of benzene rings is 2. The smallest absolute Gasteiger partial charge is 0.257 e. The van der Waals surface area contributed by atoms with Gasteiger partial charge in [-0.15, -0.1) is 0 Å². The summed E-state index contributed by atoms with van der Waals surface area (Å²) in [6.45, 7) is 6.20. The van der Waals surface area contributed by atoms with Crippen LogP contribution >= 0.6 is 11.8 Å². The monoisotopic (exact) mass is 547 g/mol. The molecule has 3 aromatic rings. The average molecular weight is 548 g/mol. The molecule has 5 rings (SSSR count). The van der Waals surface area contributed by atoms with Crippen LogP contribution in [0.4, 0.5) is 5.82 Å². The van der Waals surface area contributed by atoms with Gasteiger partial charge in [-0.3, -0.25) is 9.59 Å². The molecule has 1 aliphatic heterocycles. The molecule has 39 heavy (non-hydrogen) atoms. The highest BCUT2D eigenvalue weighted by Crippen LogP contribution is 2.51. The molecule has 2 aliphatic rings. The highest BCUT2D eigenvalue weighted by Gasteiger charge is 2.43. The second-order valence-corrected chi connectivity index (χ2v) is 11.7. The molecule has 0 saturated heterocycles. The Labute approximate surface area is 232 Å². The van der Waals surface area contributed by atoms with E-state index in [-0.39, 0.29) is 16.8 Å². The van der Waals surface area contributed by atoms with Crippen LogP contribution in [0.2, 0.25) is 0 Å². The number of aromatic nitrogens is 2. The highest BCUT2D eigenvalue weighted by atomic mass is 32.2. The number of rotatable bonds is 7. The van der Waals surface area contributed by atoms with Crippen molar-refractivity contribution in [3.8, 4) is 17.2 Å². The van der Waals surface area contributed by atoms with Crippen LogP contribution in [0.1, 0.15) is 54.9 Å². The van der Waals surface area contributed by atoms with Crippen LogP contribution in [0.3, 0.4) is 0 Å². The summed E-state index contributed by atoms with van der Waals surface area (Å²) in [5, 5.41) is 3.89. The molecule has 8 nitrogen and oxygen atoms in total. The summed E-state index contributed by atoms with van der Waals surface area (Å²) in [4.78, 5) is 35.2. The van der Waals surface area contributed by atoms with Crippen LogP contribution in [-0.4, -0.2) is 37.1 Å². The minimum Gasteiger partial charge on any atom is -0.496 e. The van der Waals surface area contributed by atoms with Crippen molar-refractivity contribution in [1.29, 1.82) is 0 Å². The van der Waals surface area contributed by atoms with Gasteiger partial charge >= 0.3 is 0 Å². The molecule has 1 aromatic heterocycles. The van der Waals surface area contributed by atoms with Gasteiger partial charge in [-0.2, -0.15) is 0 Å². The number of fused-ring (bicyclic) bond motifs is 1. The minimum atomic E-state index is -0.679. The van der Waals surface area contributed by atoms with E-state index in [2.05, 4.69) is 55.3 Å². The molecular weight excluding hydrogens is 514 g/mol. The number of hydrogen-bond acceptors (Lipinski definition) is 8. The van der Waals surface area contributed by atoms with E-state index in [0.717, 1.165) is 11.3 Å². The largest absolute Gasteiger partial charge is 0.496 e. The van der Waals surface area contributed by atoms with Gasteiger partial charge in [-0.25, -0.2) is 4.98 Å². The van der Waals surface area contributed by atoms with E-state index in [0.29, 0.717) is 63.5 Å². The number of nitrogens with zero attached hydrogens (tertiary/aromatic N) is 1. The van der Waals surface area contributed by atoms with Crippen molar-refractivity contribution in [2.75, 3.05) is 26.6 Å². The zero-order valence-corrected chi connectivity index (χ0v) is 23.9. The van der Waals surface area contributed by atoms with Crippen LogP contribution in [-0.2, 0) is 10.5 Å². The van der Waals surface area contributed by atoms with E-state index in [1.807, 2.05) is 0 Å². The first-order chi connectivity index (χ1) is 18.6. The van der Waals surface area contributed by atoms with E-state index in [9.17, 15) is 9.59 Å². The molecule has 0 bridgehead atoms. The first-order valence-electron chi connectivity index (χ1n) is 12.8. The molecule has 0 spiro atoms. The number of ether oxygens (including phenoxy) is 3. The number of Topliss-reactive ketones (excluding diaryl/α,β-unsaturated/α-hetero) is 1. The quantitative estimate of drug-likeness (QED) is 0.291. The first kappa shape index (κ1) is 26.9. The molecular formula is C30H33N3O5S. The summed E-state index contributed by atoms with van der Waals surface area (Å²) in [5.41, 5.74) is 4.19. The molecule has 1 atom stereocenters. The molecule has 204 valence electrons. The number of hydrogen-bond donors (Lipinski definition) is 2. The zero-order chi connectivity index (χ0) is 27.9. The Morgan fingerprint density at radius 1 is 0.974 bits per heavy atom. The van der Waals surface area contributed by atoms with Gasteiger partial charge < -0.3 is 24.5 Å². The fraction of sp³-hybridized carbons (Fsp3) is 0.367. The normalized spacial score (nSPS) is 17.7. The number of allylic oxidation sites excluding steroid dienone is 2. The van der Waals surface area contributed by atoms with Crippen molar-refractivity contribution in [1.82, 2.24) is 9.97 Å². The lowest BCUT2D eigenvalue weighted by Crippen LogP contribution is -2.37. The third-order valence-corrected chi connectivity index (χ3v) is 8.19. The number of ketones is 1. The van der Waals surface area contributed by atoms with Gasteiger partial charge in [0.2, 0.25) is 0 Å². The van der Waals surface area contributed by atoms with Crippen LogP contribution < -0.4 is 25.1 Å².